The molecule has 0 aliphatic heterocycles. The van der Waals surface area contributed by atoms with Crippen LogP contribution in [0, 0.1) is 12.7 Å². The number of hydrogen-bond donors (Lipinski definition) is 1. The molecule has 0 fully saturated rings. The standard InChI is InChI=1S/C18H21ClFN/c1-4-13-6-8-14(9-7-13)18(21-5-2)15-10-12(3)17(20)11-16(15)19/h6-11,18,21H,4-5H2,1-3H3. The van der Waals surface area contributed by atoms with Crippen molar-refractivity contribution in [2.45, 2.75) is 33.2 Å². The molecule has 2 aromatic rings. The van der Waals surface area contributed by atoms with Crippen LogP contribution in [0.25, 0.3) is 0 Å². The average molecular weight is 306 g/mol. The van der Waals surface area contributed by atoms with Crippen LogP contribution >= 0.6 is 11.6 Å². The first-order valence-electron chi connectivity index (χ1n) is 7.34. The van der Waals surface area contributed by atoms with Crippen LogP contribution in [0.4, 0.5) is 4.39 Å². The van der Waals surface area contributed by atoms with Crippen molar-refractivity contribution in [1.29, 1.82) is 0 Å². The molecule has 2 aromatic carbocycles. The largest absolute Gasteiger partial charge is 0.306 e. The maximum atomic E-state index is 13.6. The summed E-state index contributed by atoms with van der Waals surface area (Å²) in [5.41, 5.74) is 3.97. The normalized spacial score (nSPS) is 12.4. The summed E-state index contributed by atoms with van der Waals surface area (Å²) in [6.45, 7) is 6.76. The molecule has 112 valence electrons. The Labute approximate surface area is 131 Å². The molecule has 0 saturated carbocycles. The van der Waals surface area contributed by atoms with E-state index in [0.717, 1.165) is 24.1 Å². The van der Waals surface area contributed by atoms with Crippen molar-refractivity contribution in [3.8, 4) is 0 Å². The molecule has 0 aliphatic carbocycles. The molecular formula is C18H21ClFN. The van der Waals surface area contributed by atoms with Gasteiger partial charge in [-0.1, -0.05) is 49.7 Å². The molecule has 0 radical (unpaired) electrons. The second-order valence-electron chi connectivity index (χ2n) is 5.21. The molecule has 0 heterocycles. The molecule has 0 spiro atoms. The summed E-state index contributed by atoms with van der Waals surface area (Å²) in [6.07, 6.45) is 1.02. The molecule has 1 atom stereocenters. The van der Waals surface area contributed by atoms with Crippen molar-refractivity contribution in [2.75, 3.05) is 6.54 Å². The number of halogens is 2. The van der Waals surface area contributed by atoms with Gasteiger partial charge in [0.1, 0.15) is 5.82 Å². The van der Waals surface area contributed by atoms with E-state index in [0.29, 0.717) is 10.6 Å². The minimum Gasteiger partial charge on any atom is -0.306 e. The second-order valence-corrected chi connectivity index (χ2v) is 5.62. The maximum absolute atomic E-state index is 13.6. The van der Waals surface area contributed by atoms with Gasteiger partial charge < -0.3 is 5.32 Å². The molecule has 0 amide bonds. The molecule has 3 heteroatoms. The fraction of sp³-hybridized carbons (Fsp3) is 0.333. The lowest BCUT2D eigenvalue weighted by atomic mass is 9.96. The number of benzene rings is 2. The van der Waals surface area contributed by atoms with Gasteiger partial charge in [0.2, 0.25) is 0 Å². The van der Waals surface area contributed by atoms with E-state index >= 15 is 0 Å². The third kappa shape index (κ3) is 3.63. The van der Waals surface area contributed by atoms with Crippen molar-refractivity contribution in [1.82, 2.24) is 5.32 Å². The van der Waals surface area contributed by atoms with E-state index in [1.54, 1.807) is 6.92 Å². The Kier molecular flexibility index (Phi) is 5.38. The van der Waals surface area contributed by atoms with E-state index < -0.39 is 0 Å². The highest BCUT2D eigenvalue weighted by atomic mass is 35.5. The Morgan fingerprint density at radius 1 is 1.14 bits per heavy atom. The fourth-order valence-electron chi connectivity index (χ4n) is 2.46. The quantitative estimate of drug-likeness (QED) is 0.815. The van der Waals surface area contributed by atoms with Crippen LogP contribution in [0.15, 0.2) is 36.4 Å². The van der Waals surface area contributed by atoms with Gasteiger partial charge in [-0.05, 0) is 54.3 Å². The molecule has 21 heavy (non-hydrogen) atoms. The number of rotatable bonds is 5. The predicted octanol–water partition coefficient (Wildman–Crippen LogP) is 5.05. The van der Waals surface area contributed by atoms with Crippen molar-refractivity contribution >= 4 is 11.6 Å². The summed E-state index contributed by atoms with van der Waals surface area (Å²) in [4.78, 5) is 0. The topological polar surface area (TPSA) is 12.0 Å². The SMILES string of the molecule is CCNC(c1ccc(CC)cc1)c1cc(C)c(F)cc1Cl. The van der Waals surface area contributed by atoms with Crippen LogP contribution in [0.1, 0.15) is 42.1 Å². The van der Waals surface area contributed by atoms with Gasteiger partial charge in [0.15, 0.2) is 0 Å². The first-order valence-corrected chi connectivity index (χ1v) is 7.72. The average Bonchev–Trinajstić information content (AvgIpc) is 2.49. The van der Waals surface area contributed by atoms with Crippen LogP contribution in [-0.2, 0) is 6.42 Å². The van der Waals surface area contributed by atoms with Crippen LogP contribution in [0.5, 0.6) is 0 Å². The predicted molar refractivity (Wildman–Crippen MR) is 87.5 cm³/mol. The number of aryl methyl sites for hydroxylation is 2. The van der Waals surface area contributed by atoms with Gasteiger partial charge in [-0.2, -0.15) is 0 Å². The Morgan fingerprint density at radius 3 is 2.38 bits per heavy atom. The summed E-state index contributed by atoms with van der Waals surface area (Å²) in [5.74, 6) is -0.264. The summed E-state index contributed by atoms with van der Waals surface area (Å²) in [7, 11) is 0. The monoisotopic (exact) mass is 305 g/mol. The van der Waals surface area contributed by atoms with Crippen molar-refractivity contribution in [3.63, 3.8) is 0 Å². The molecule has 0 saturated heterocycles. The van der Waals surface area contributed by atoms with Crippen molar-refractivity contribution in [2.24, 2.45) is 0 Å². The molecular weight excluding hydrogens is 285 g/mol. The van der Waals surface area contributed by atoms with Gasteiger partial charge in [-0.15, -0.1) is 0 Å². The Balaban J connectivity index is 2.44. The Morgan fingerprint density at radius 2 is 1.81 bits per heavy atom. The zero-order valence-corrected chi connectivity index (χ0v) is 13.5. The van der Waals surface area contributed by atoms with E-state index in [1.807, 2.05) is 6.07 Å². The maximum Gasteiger partial charge on any atom is 0.127 e. The first kappa shape index (κ1) is 16.0. The lowest BCUT2D eigenvalue weighted by Gasteiger charge is -2.21. The van der Waals surface area contributed by atoms with Gasteiger partial charge in [0.25, 0.3) is 0 Å². The van der Waals surface area contributed by atoms with Gasteiger partial charge in [0, 0.05) is 5.02 Å². The molecule has 0 aliphatic rings. The van der Waals surface area contributed by atoms with E-state index in [2.05, 4.69) is 43.4 Å². The van der Waals surface area contributed by atoms with E-state index in [9.17, 15) is 4.39 Å². The van der Waals surface area contributed by atoms with Crippen LogP contribution in [-0.4, -0.2) is 6.54 Å². The first-order chi connectivity index (χ1) is 10.1. The lowest BCUT2D eigenvalue weighted by Crippen LogP contribution is -2.22. The Hall–Kier alpha value is -1.38. The van der Waals surface area contributed by atoms with Gasteiger partial charge in [0.05, 0.1) is 6.04 Å². The fourth-order valence-corrected chi connectivity index (χ4v) is 2.72. The van der Waals surface area contributed by atoms with Crippen LogP contribution in [0.3, 0.4) is 0 Å². The van der Waals surface area contributed by atoms with E-state index in [1.165, 1.54) is 11.6 Å². The smallest absolute Gasteiger partial charge is 0.127 e. The summed E-state index contributed by atoms with van der Waals surface area (Å²) >= 11 is 6.26. The van der Waals surface area contributed by atoms with Gasteiger partial charge in [-0.3, -0.25) is 0 Å². The van der Waals surface area contributed by atoms with Crippen LogP contribution in [0.2, 0.25) is 5.02 Å². The van der Waals surface area contributed by atoms with Crippen molar-refractivity contribution in [3.05, 3.63) is 69.5 Å². The summed E-state index contributed by atoms with van der Waals surface area (Å²) in [5, 5.41) is 3.89. The molecule has 0 bridgehead atoms. The molecule has 2 rings (SSSR count). The number of hydrogen-bond acceptors (Lipinski definition) is 1. The zero-order chi connectivity index (χ0) is 15.4. The van der Waals surface area contributed by atoms with E-state index in [4.69, 9.17) is 11.6 Å². The highest BCUT2D eigenvalue weighted by Crippen LogP contribution is 2.30. The second kappa shape index (κ2) is 7.06. The van der Waals surface area contributed by atoms with Gasteiger partial charge >= 0.3 is 0 Å². The minimum absolute atomic E-state index is 0.0206. The lowest BCUT2D eigenvalue weighted by molar-refractivity contribution is 0.606. The molecule has 1 unspecified atom stereocenters. The van der Waals surface area contributed by atoms with Gasteiger partial charge in [-0.25, -0.2) is 4.39 Å². The zero-order valence-electron chi connectivity index (χ0n) is 12.7. The highest BCUT2D eigenvalue weighted by molar-refractivity contribution is 6.31. The number of nitrogens with one attached hydrogen (secondary N) is 1. The minimum atomic E-state index is -0.264. The highest BCUT2D eigenvalue weighted by Gasteiger charge is 2.17. The molecule has 1 N–H and O–H groups in total. The molecule has 0 aromatic heterocycles. The van der Waals surface area contributed by atoms with Crippen LogP contribution < -0.4 is 5.32 Å². The van der Waals surface area contributed by atoms with E-state index in [-0.39, 0.29) is 11.9 Å². The molecule has 1 nitrogen and oxygen atoms in total. The summed E-state index contributed by atoms with van der Waals surface area (Å²) < 4.78 is 13.6. The Bertz CT molecular complexity index is 607. The third-order valence-electron chi connectivity index (χ3n) is 3.72. The van der Waals surface area contributed by atoms with Crippen molar-refractivity contribution < 1.29 is 4.39 Å². The third-order valence-corrected chi connectivity index (χ3v) is 4.05. The summed E-state index contributed by atoms with van der Waals surface area (Å²) in [6, 6.07) is 11.7.